The summed E-state index contributed by atoms with van der Waals surface area (Å²) in [5.74, 6) is 0.817. The zero-order valence-corrected chi connectivity index (χ0v) is 6.90. The minimum absolute atomic E-state index is 0.115. The highest BCUT2D eigenvalue weighted by Crippen LogP contribution is 2.30. The molecule has 0 saturated carbocycles. The fourth-order valence-electron chi connectivity index (χ4n) is 0.916. The van der Waals surface area contributed by atoms with Crippen LogP contribution >= 0.6 is 11.8 Å². The highest BCUT2D eigenvalue weighted by Gasteiger charge is 2.24. The number of thioether (sulfide) groups is 1. The lowest BCUT2D eigenvalue weighted by atomic mass is 10.3. The molecule has 0 bridgehead atoms. The van der Waals surface area contributed by atoms with Crippen molar-refractivity contribution in [1.82, 2.24) is 0 Å². The van der Waals surface area contributed by atoms with Gasteiger partial charge in [-0.15, -0.1) is 0 Å². The molecule has 0 aliphatic carbocycles. The SMILES string of the molecule is CCC1SC(=O)C=C1OC. The number of rotatable bonds is 2. The Balaban J connectivity index is 2.65. The van der Waals surface area contributed by atoms with Crippen LogP contribution in [0.1, 0.15) is 13.3 Å². The first-order valence-corrected chi connectivity index (χ1v) is 4.12. The standard InChI is InChI=1S/C7H10O2S/c1-3-6-5(9-2)4-7(8)10-6/h4,6H,3H2,1-2H3. The van der Waals surface area contributed by atoms with Crippen LogP contribution in [0.15, 0.2) is 11.8 Å². The van der Waals surface area contributed by atoms with Crippen LogP contribution in [0.2, 0.25) is 0 Å². The number of hydrogen-bond donors (Lipinski definition) is 0. The molecule has 0 aromatic rings. The van der Waals surface area contributed by atoms with Gasteiger partial charge >= 0.3 is 0 Å². The molecule has 0 saturated heterocycles. The first kappa shape index (κ1) is 7.66. The molecule has 0 radical (unpaired) electrons. The maximum atomic E-state index is 10.8. The third-order valence-corrected chi connectivity index (χ3v) is 2.64. The van der Waals surface area contributed by atoms with Crippen LogP contribution in [-0.2, 0) is 9.53 Å². The molecule has 3 heteroatoms. The molecule has 0 aromatic heterocycles. The summed E-state index contributed by atoms with van der Waals surface area (Å²) in [6.07, 6.45) is 2.52. The summed E-state index contributed by atoms with van der Waals surface area (Å²) in [7, 11) is 1.60. The maximum absolute atomic E-state index is 10.8. The van der Waals surface area contributed by atoms with Gasteiger partial charge in [0, 0.05) is 6.08 Å². The van der Waals surface area contributed by atoms with Gasteiger partial charge in [-0.3, -0.25) is 4.79 Å². The Hall–Kier alpha value is -0.440. The molecule has 1 atom stereocenters. The molecule has 0 spiro atoms. The lowest BCUT2D eigenvalue weighted by Gasteiger charge is -2.07. The molecule has 56 valence electrons. The van der Waals surface area contributed by atoms with Crippen LogP contribution in [0.3, 0.4) is 0 Å². The van der Waals surface area contributed by atoms with Gasteiger partial charge in [-0.25, -0.2) is 0 Å². The van der Waals surface area contributed by atoms with E-state index in [-0.39, 0.29) is 10.4 Å². The van der Waals surface area contributed by atoms with E-state index in [0.717, 1.165) is 12.2 Å². The summed E-state index contributed by atoms with van der Waals surface area (Å²) in [4.78, 5) is 10.8. The molecular formula is C7H10O2S. The first-order chi connectivity index (χ1) is 4.77. The van der Waals surface area contributed by atoms with Crippen LogP contribution < -0.4 is 0 Å². The van der Waals surface area contributed by atoms with Gasteiger partial charge in [0.1, 0.15) is 5.76 Å². The van der Waals surface area contributed by atoms with E-state index in [4.69, 9.17) is 4.74 Å². The predicted molar refractivity (Wildman–Crippen MR) is 41.8 cm³/mol. The first-order valence-electron chi connectivity index (χ1n) is 3.24. The largest absolute Gasteiger partial charge is 0.500 e. The molecule has 0 aromatic carbocycles. The number of carbonyl (C=O) groups excluding carboxylic acids is 1. The van der Waals surface area contributed by atoms with Gasteiger partial charge in [-0.1, -0.05) is 18.7 Å². The van der Waals surface area contributed by atoms with Gasteiger partial charge in [0.15, 0.2) is 0 Å². The van der Waals surface area contributed by atoms with Gasteiger partial charge in [0.2, 0.25) is 5.12 Å². The van der Waals surface area contributed by atoms with Gasteiger partial charge in [-0.05, 0) is 6.42 Å². The van der Waals surface area contributed by atoms with Crippen molar-refractivity contribution >= 4 is 16.9 Å². The van der Waals surface area contributed by atoms with Crippen LogP contribution in [0.5, 0.6) is 0 Å². The quantitative estimate of drug-likeness (QED) is 0.610. The zero-order chi connectivity index (χ0) is 7.56. The Bertz CT molecular complexity index is 174. The molecule has 0 fully saturated rings. The lowest BCUT2D eigenvalue weighted by molar-refractivity contribution is -0.107. The van der Waals surface area contributed by atoms with Crippen molar-refractivity contribution in [1.29, 1.82) is 0 Å². The monoisotopic (exact) mass is 158 g/mol. The molecule has 1 rings (SSSR count). The minimum atomic E-state index is 0.115. The third-order valence-electron chi connectivity index (χ3n) is 1.44. The van der Waals surface area contributed by atoms with Crippen molar-refractivity contribution in [3.8, 4) is 0 Å². The van der Waals surface area contributed by atoms with E-state index in [1.165, 1.54) is 11.8 Å². The number of hydrogen-bond acceptors (Lipinski definition) is 3. The van der Waals surface area contributed by atoms with E-state index >= 15 is 0 Å². The second kappa shape index (κ2) is 3.10. The van der Waals surface area contributed by atoms with Crippen molar-refractivity contribution < 1.29 is 9.53 Å². The van der Waals surface area contributed by atoms with Gasteiger partial charge in [-0.2, -0.15) is 0 Å². The average Bonchev–Trinajstić information content (AvgIpc) is 2.30. The number of methoxy groups -OCH3 is 1. The molecule has 1 heterocycles. The molecular weight excluding hydrogens is 148 g/mol. The molecule has 0 amide bonds. The summed E-state index contributed by atoms with van der Waals surface area (Å²) in [5.41, 5.74) is 0. The van der Waals surface area contributed by atoms with Crippen molar-refractivity contribution in [3.63, 3.8) is 0 Å². The van der Waals surface area contributed by atoms with E-state index in [9.17, 15) is 4.79 Å². The molecule has 2 nitrogen and oxygen atoms in total. The number of carbonyl (C=O) groups is 1. The van der Waals surface area contributed by atoms with Crippen LogP contribution in [0.4, 0.5) is 0 Å². The molecule has 1 aliphatic rings. The summed E-state index contributed by atoms with van der Waals surface area (Å²) in [6, 6.07) is 0. The summed E-state index contributed by atoms with van der Waals surface area (Å²) in [5, 5.41) is 0.376. The Labute approximate surface area is 64.6 Å². The highest BCUT2D eigenvalue weighted by atomic mass is 32.2. The topological polar surface area (TPSA) is 26.3 Å². The van der Waals surface area contributed by atoms with Gasteiger partial charge in [0.25, 0.3) is 0 Å². The third kappa shape index (κ3) is 1.34. The fraction of sp³-hybridized carbons (Fsp3) is 0.571. The Morgan fingerprint density at radius 2 is 2.50 bits per heavy atom. The lowest BCUT2D eigenvalue weighted by Crippen LogP contribution is -2.01. The van der Waals surface area contributed by atoms with Crippen molar-refractivity contribution in [2.75, 3.05) is 7.11 Å². The second-order valence-corrected chi connectivity index (χ2v) is 3.29. The molecule has 0 N–H and O–H groups in total. The van der Waals surface area contributed by atoms with Gasteiger partial charge < -0.3 is 4.74 Å². The summed E-state index contributed by atoms with van der Waals surface area (Å²) < 4.78 is 5.00. The van der Waals surface area contributed by atoms with Crippen molar-refractivity contribution in [3.05, 3.63) is 11.8 Å². The molecule has 10 heavy (non-hydrogen) atoms. The molecule has 1 aliphatic heterocycles. The smallest absolute Gasteiger partial charge is 0.216 e. The fourth-order valence-corrected chi connectivity index (χ4v) is 1.83. The van der Waals surface area contributed by atoms with E-state index in [0.29, 0.717) is 0 Å². The highest BCUT2D eigenvalue weighted by molar-refractivity contribution is 8.15. The van der Waals surface area contributed by atoms with Gasteiger partial charge in [0.05, 0.1) is 12.4 Å². The average molecular weight is 158 g/mol. The number of ether oxygens (including phenoxy) is 1. The maximum Gasteiger partial charge on any atom is 0.216 e. The van der Waals surface area contributed by atoms with E-state index < -0.39 is 0 Å². The van der Waals surface area contributed by atoms with Crippen molar-refractivity contribution in [2.45, 2.75) is 18.6 Å². The van der Waals surface area contributed by atoms with Crippen LogP contribution in [0.25, 0.3) is 0 Å². The van der Waals surface area contributed by atoms with Crippen molar-refractivity contribution in [2.24, 2.45) is 0 Å². The Kier molecular flexibility index (Phi) is 2.38. The summed E-state index contributed by atoms with van der Waals surface area (Å²) >= 11 is 1.34. The van der Waals surface area contributed by atoms with Crippen LogP contribution in [0, 0.1) is 0 Å². The Morgan fingerprint density at radius 1 is 1.80 bits per heavy atom. The normalized spacial score (nSPS) is 24.8. The van der Waals surface area contributed by atoms with E-state index in [2.05, 4.69) is 0 Å². The minimum Gasteiger partial charge on any atom is -0.500 e. The summed E-state index contributed by atoms with van der Waals surface area (Å²) in [6.45, 7) is 2.04. The second-order valence-electron chi connectivity index (χ2n) is 2.08. The predicted octanol–water partition coefficient (Wildman–Crippen LogP) is 1.57. The Morgan fingerprint density at radius 3 is 2.90 bits per heavy atom. The zero-order valence-electron chi connectivity index (χ0n) is 6.09. The van der Waals surface area contributed by atoms with E-state index in [1.54, 1.807) is 13.2 Å². The van der Waals surface area contributed by atoms with E-state index in [1.807, 2.05) is 6.92 Å². The van der Waals surface area contributed by atoms with Crippen LogP contribution in [-0.4, -0.2) is 17.5 Å². The molecule has 1 unspecified atom stereocenters.